The molecule has 0 aliphatic carbocycles. The molecule has 1 unspecified atom stereocenters. The van der Waals surface area contributed by atoms with Crippen LogP contribution in [0.2, 0.25) is 0 Å². The third kappa shape index (κ3) is 3.28. The van der Waals surface area contributed by atoms with E-state index in [0.29, 0.717) is 0 Å². The Labute approximate surface area is 121 Å². The van der Waals surface area contributed by atoms with Gasteiger partial charge in [-0.3, -0.25) is 4.68 Å². The summed E-state index contributed by atoms with van der Waals surface area (Å²) >= 11 is 0. The summed E-state index contributed by atoms with van der Waals surface area (Å²) in [6.45, 7) is 5.35. The maximum atomic E-state index is 4.56. The van der Waals surface area contributed by atoms with Crippen LogP contribution in [-0.2, 0) is 26.9 Å². The predicted molar refractivity (Wildman–Crippen MR) is 80.5 cm³/mol. The van der Waals surface area contributed by atoms with Gasteiger partial charge in [0.2, 0.25) is 0 Å². The van der Waals surface area contributed by atoms with Crippen molar-refractivity contribution in [2.24, 2.45) is 14.1 Å². The molecule has 0 radical (unpaired) electrons. The number of hydrogen-bond acceptors (Lipinski definition) is 3. The highest BCUT2D eigenvalue weighted by molar-refractivity contribution is 5.23. The van der Waals surface area contributed by atoms with E-state index in [9.17, 15) is 0 Å². The SMILES string of the molecule is CCCNC(Cc1nccn1C)c1cn(C)nc1CC. The van der Waals surface area contributed by atoms with Crippen molar-refractivity contribution in [2.75, 3.05) is 6.54 Å². The molecule has 0 bridgehead atoms. The van der Waals surface area contributed by atoms with Gasteiger partial charge in [0.1, 0.15) is 5.82 Å². The minimum absolute atomic E-state index is 0.278. The monoisotopic (exact) mass is 275 g/mol. The zero-order valence-electron chi connectivity index (χ0n) is 12.9. The first-order chi connectivity index (χ1) is 9.65. The average Bonchev–Trinajstić information content (AvgIpc) is 3.00. The molecule has 2 heterocycles. The molecule has 2 rings (SSSR count). The number of rotatable bonds is 7. The van der Waals surface area contributed by atoms with E-state index in [4.69, 9.17) is 0 Å². The Kier molecular flexibility index (Phi) is 4.95. The van der Waals surface area contributed by atoms with Crippen molar-refractivity contribution in [3.63, 3.8) is 0 Å². The van der Waals surface area contributed by atoms with Crippen LogP contribution in [0.15, 0.2) is 18.6 Å². The van der Waals surface area contributed by atoms with Crippen LogP contribution in [0.4, 0.5) is 0 Å². The number of aromatic nitrogens is 4. The first-order valence-electron chi connectivity index (χ1n) is 7.37. The maximum absolute atomic E-state index is 4.56. The van der Waals surface area contributed by atoms with Crippen LogP contribution >= 0.6 is 0 Å². The Bertz CT molecular complexity index is 540. The second-order valence-corrected chi connectivity index (χ2v) is 5.22. The molecule has 0 aliphatic rings. The van der Waals surface area contributed by atoms with Crippen LogP contribution in [0.25, 0.3) is 0 Å². The van der Waals surface area contributed by atoms with Crippen LogP contribution in [0.3, 0.4) is 0 Å². The minimum atomic E-state index is 0.278. The summed E-state index contributed by atoms with van der Waals surface area (Å²) in [5.41, 5.74) is 2.47. The number of nitrogens with zero attached hydrogens (tertiary/aromatic N) is 4. The topological polar surface area (TPSA) is 47.7 Å². The fourth-order valence-corrected chi connectivity index (χ4v) is 2.51. The van der Waals surface area contributed by atoms with Gasteiger partial charge in [-0.1, -0.05) is 13.8 Å². The van der Waals surface area contributed by atoms with Gasteiger partial charge >= 0.3 is 0 Å². The van der Waals surface area contributed by atoms with Gasteiger partial charge in [0, 0.05) is 50.7 Å². The molecule has 5 nitrogen and oxygen atoms in total. The average molecular weight is 275 g/mol. The third-order valence-corrected chi connectivity index (χ3v) is 3.60. The van der Waals surface area contributed by atoms with Crippen LogP contribution in [0, 0.1) is 0 Å². The normalized spacial score (nSPS) is 12.8. The predicted octanol–water partition coefficient (Wildman–Crippen LogP) is 2.00. The Hall–Kier alpha value is -1.62. The van der Waals surface area contributed by atoms with E-state index in [1.807, 2.05) is 31.2 Å². The Balaban J connectivity index is 2.24. The van der Waals surface area contributed by atoms with Gasteiger partial charge in [-0.05, 0) is 19.4 Å². The molecule has 110 valence electrons. The van der Waals surface area contributed by atoms with Crippen molar-refractivity contribution >= 4 is 0 Å². The zero-order valence-corrected chi connectivity index (χ0v) is 12.9. The molecular weight excluding hydrogens is 250 g/mol. The highest BCUT2D eigenvalue weighted by Gasteiger charge is 2.19. The standard InChI is InChI=1S/C15H25N5/c1-5-7-16-14(10-15-17-8-9-19(15)3)12-11-20(4)18-13(12)6-2/h8-9,11,14,16H,5-7,10H2,1-4H3. The van der Waals surface area contributed by atoms with Gasteiger partial charge in [0.25, 0.3) is 0 Å². The molecule has 0 saturated carbocycles. The lowest BCUT2D eigenvalue weighted by Crippen LogP contribution is -2.25. The van der Waals surface area contributed by atoms with Gasteiger partial charge in [-0.25, -0.2) is 4.98 Å². The summed E-state index contributed by atoms with van der Waals surface area (Å²) in [7, 11) is 4.03. The van der Waals surface area contributed by atoms with Gasteiger partial charge < -0.3 is 9.88 Å². The highest BCUT2D eigenvalue weighted by Crippen LogP contribution is 2.21. The van der Waals surface area contributed by atoms with E-state index in [1.165, 1.54) is 11.3 Å². The molecule has 0 amide bonds. The summed E-state index contributed by atoms with van der Waals surface area (Å²) in [6, 6.07) is 0.278. The first-order valence-corrected chi connectivity index (χ1v) is 7.37. The molecule has 0 spiro atoms. The summed E-state index contributed by atoms with van der Waals surface area (Å²) in [5, 5.41) is 8.19. The van der Waals surface area contributed by atoms with Gasteiger partial charge in [0.15, 0.2) is 0 Å². The minimum Gasteiger partial charge on any atom is -0.338 e. The molecule has 0 aromatic carbocycles. The lowest BCUT2D eigenvalue weighted by atomic mass is 10.0. The number of aryl methyl sites for hydroxylation is 3. The number of imidazole rings is 1. The van der Waals surface area contributed by atoms with Crippen LogP contribution in [-0.4, -0.2) is 25.9 Å². The van der Waals surface area contributed by atoms with Gasteiger partial charge in [-0.15, -0.1) is 0 Å². The van der Waals surface area contributed by atoms with E-state index in [2.05, 4.69) is 40.0 Å². The second-order valence-electron chi connectivity index (χ2n) is 5.22. The molecule has 2 aromatic heterocycles. The van der Waals surface area contributed by atoms with Crippen molar-refractivity contribution in [3.05, 3.63) is 35.7 Å². The van der Waals surface area contributed by atoms with E-state index >= 15 is 0 Å². The zero-order chi connectivity index (χ0) is 14.5. The molecule has 0 aliphatic heterocycles. The quantitative estimate of drug-likeness (QED) is 0.841. The largest absolute Gasteiger partial charge is 0.338 e. The molecule has 0 saturated heterocycles. The molecular formula is C15H25N5. The molecule has 5 heteroatoms. The Morgan fingerprint density at radius 3 is 2.70 bits per heavy atom. The van der Waals surface area contributed by atoms with Crippen molar-refractivity contribution < 1.29 is 0 Å². The van der Waals surface area contributed by atoms with Gasteiger partial charge in [0.05, 0.1) is 5.69 Å². The molecule has 20 heavy (non-hydrogen) atoms. The summed E-state index contributed by atoms with van der Waals surface area (Å²) in [6.07, 6.45) is 8.96. The lowest BCUT2D eigenvalue weighted by Gasteiger charge is -2.18. The van der Waals surface area contributed by atoms with E-state index in [1.54, 1.807) is 0 Å². The molecule has 0 fully saturated rings. The van der Waals surface area contributed by atoms with Crippen molar-refractivity contribution in [2.45, 2.75) is 39.2 Å². The van der Waals surface area contributed by atoms with Gasteiger partial charge in [-0.2, -0.15) is 5.10 Å². The smallest absolute Gasteiger partial charge is 0.110 e. The van der Waals surface area contributed by atoms with E-state index in [-0.39, 0.29) is 6.04 Å². The van der Waals surface area contributed by atoms with Crippen LogP contribution in [0.1, 0.15) is 43.4 Å². The van der Waals surface area contributed by atoms with Crippen molar-refractivity contribution in [1.29, 1.82) is 0 Å². The first kappa shape index (κ1) is 14.8. The Morgan fingerprint density at radius 1 is 1.30 bits per heavy atom. The molecule has 1 atom stereocenters. The summed E-state index contributed by atoms with van der Waals surface area (Å²) < 4.78 is 4.00. The molecule has 2 aromatic rings. The van der Waals surface area contributed by atoms with Crippen LogP contribution < -0.4 is 5.32 Å². The third-order valence-electron chi connectivity index (χ3n) is 3.60. The lowest BCUT2D eigenvalue weighted by molar-refractivity contribution is 0.508. The molecule has 1 N–H and O–H groups in total. The van der Waals surface area contributed by atoms with E-state index in [0.717, 1.165) is 31.6 Å². The van der Waals surface area contributed by atoms with Crippen molar-refractivity contribution in [1.82, 2.24) is 24.6 Å². The van der Waals surface area contributed by atoms with Crippen molar-refractivity contribution in [3.8, 4) is 0 Å². The second kappa shape index (κ2) is 6.70. The fraction of sp³-hybridized carbons (Fsp3) is 0.600. The van der Waals surface area contributed by atoms with E-state index < -0.39 is 0 Å². The maximum Gasteiger partial charge on any atom is 0.110 e. The number of hydrogen-bond donors (Lipinski definition) is 1. The Morgan fingerprint density at radius 2 is 2.10 bits per heavy atom. The number of nitrogens with one attached hydrogen (secondary N) is 1. The fourth-order valence-electron chi connectivity index (χ4n) is 2.51. The van der Waals surface area contributed by atoms with Crippen LogP contribution in [0.5, 0.6) is 0 Å². The summed E-state index contributed by atoms with van der Waals surface area (Å²) in [4.78, 5) is 4.45. The highest BCUT2D eigenvalue weighted by atomic mass is 15.3. The summed E-state index contributed by atoms with van der Waals surface area (Å²) in [5.74, 6) is 1.10.